The van der Waals surface area contributed by atoms with Gasteiger partial charge in [-0.3, -0.25) is 9.59 Å². The summed E-state index contributed by atoms with van der Waals surface area (Å²) in [6, 6.07) is 6.96. The van der Waals surface area contributed by atoms with Crippen LogP contribution in [0.5, 0.6) is 0 Å². The molecule has 1 N–H and O–H groups in total. The van der Waals surface area contributed by atoms with E-state index in [0.29, 0.717) is 35.1 Å². The Kier molecular flexibility index (Phi) is 4.88. The van der Waals surface area contributed by atoms with E-state index in [9.17, 15) is 14.4 Å². The van der Waals surface area contributed by atoms with E-state index in [1.807, 2.05) is 13.8 Å². The molecule has 1 unspecified atom stereocenters. The largest absolute Gasteiger partial charge is 0.464 e. The molecule has 1 aliphatic carbocycles. The first-order chi connectivity index (χ1) is 14.2. The van der Waals surface area contributed by atoms with Crippen LogP contribution in [0.1, 0.15) is 52.0 Å². The molecule has 0 amide bonds. The number of allylic oxidation sites excluding steroid dienone is 3. The van der Waals surface area contributed by atoms with Gasteiger partial charge in [-0.2, -0.15) is 0 Å². The van der Waals surface area contributed by atoms with Crippen LogP contribution in [0.4, 0.5) is 0 Å². The van der Waals surface area contributed by atoms with Crippen LogP contribution in [0.15, 0.2) is 62.3 Å². The standard InChI is InChI=1S/C24H25NO5/c1-5-29-23(28)19-13(2)25-16-10-24(3,4)11-17(26)21(16)20(19)15-12-30-18-9-7-6-8-14(18)22(15)27/h6-9,12,20,25H,5,10-11H2,1-4H3. The summed E-state index contributed by atoms with van der Waals surface area (Å²) in [6.07, 6.45) is 2.37. The number of ketones is 1. The van der Waals surface area contributed by atoms with Gasteiger partial charge in [0.05, 0.1) is 29.7 Å². The summed E-state index contributed by atoms with van der Waals surface area (Å²) in [5.74, 6) is -1.42. The monoisotopic (exact) mass is 407 g/mol. The van der Waals surface area contributed by atoms with Gasteiger partial charge >= 0.3 is 5.97 Å². The van der Waals surface area contributed by atoms with Crippen molar-refractivity contribution in [2.45, 2.75) is 46.5 Å². The number of hydrogen-bond acceptors (Lipinski definition) is 6. The maximum Gasteiger partial charge on any atom is 0.336 e. The molecule has 0 saturated heterocycles. The Morgan fingerprint density at radius 3 is 2.70 bits per heavy atom. The number of fused-ring (bicyclic) bond motifs is 1. The average molecular weight is 407 g/mol. The van der Waals surface area contributed by atoms with Crippen molar-refractivity contribution in [3.05, 3.63) is 68.9 Å². The Labute approximate surface area is 174 Å². The zero-order valence-corrected chi connectivity index (χ0v) is 17.6. The zero-order valence-electron chi connectivity index (χ0n) is 17.6. The lowest BCUT2D eigenvalue weighted by molar-refractivity contribution is -0.138. The van der Waals surface area contributed by atoms with E-state index in [4.69, 9.17) is 9.15 Å². The molecule has 4 rings (SSSR count). The van der Waals surface area contributed by atoms with E-state index in [2.05, 4.69) is 5.32 Å². The molecule has 1 aliphatic heterocycles. The van der Waals surface area contributed by atoms with Crippen molar-refractivity contribution in [3.8, 4) is 0 Å². The highest BCUT2D eigenvalue weighted by atomic mass is 16.5. The normalized spacial score (nSPS) is 20.8. The predicted octanol–water partition coefficient (Wildman–Crippen LogP) is 3.96. The van der Waals surface area contributed by atoms with Crippen molar-refractivity contribution < 1.29 is 18.7 Å². The number of hydrogen-bond donors (Lipinski definition) is 1. The van der Waals surface area contributed by atoms with Crippen LogP contribution in [0, 0.1) is 5.41 Å². The van der Waals surface area contributed by atoms with Gasteiger partial charge in [0.2, 0.25) is 0 Å². The van der Waals surface area contributed by atoms with Crippen molar-refractivity contribution in [2.24, 2.45) is 5.41 Å². The minimum atomic E-state index is -0.815. The Morgan fingerprint density at radius 2 is 1.97 bits per heavy atom. The van der Waals surface area contributed by atoms with E-state index < -0.39 is 11.9 Å². The fourth-order valence-corrected chi connectivity index (χ4v) is 4.52. The van der Waals surface area contributed by atoms with Crippen molar-refractivity contribution in [3.63, 3.8) is 0 Å². The number of carbonyl (C=O) groups is 2. The second-order valence-electron chi connectivity index (χ2n) is 8.67. The number of ether oxygens (including phenoxy) is 1. The maximum absolute atomic E-state index is 13.4. The number of para-hydroxylation sites is 1. The van der Waals surface area contributed by atoms with Gasteiger partial charge in [0.25, 0.3) is 0 Å². The minimum absolute atomic E-state index is 0.0689. The summed E-state index contributed by atoms with van der Waals surface area (Å²) in [6.45, 7) is 7.77. The Balaban J connectivity index is 1.98. The SMILES string of the molecule is CCOC(=O)C1=C(C)NC2=C(C(=O)CC(C)(C)C2)C1c1coc2ccccc2c1=O. The van der Waals surface area contributed by atoms with Crippen LogP contribution < -0.4 is 10.7 Å². The average Bonchev–Trinajstić information content (AvgIpc) is 2.66. The van der Waals surface area contributed by atoms with Gasteiger partial charge in [-0.25, -0.2) is 4.79 Å². The molecule has 2 aliphatic rings. The number of dihydropyridines is 1. The lowest BCUT2D eigenvalue weighted by Crippen LogP contribution is -2.39. The van der Waals surface area contributed by atoms with Gasteiger partial charge in [-0.15, -0.1) is 0 Å². The zero-order chi connectivity index (χ0) is 21.6. The van der Waals surface area contributed by atoms with Crippen LogP contribution in [0.2, 0.25) is 0 Å². The van der Waals surface area contributed by atoms with Crippen molar-refractivity contribution >= 4 is 22.7 Å². The number of Topliss-reactive ketones (excluding diaryl/α,β-unsaturated/α-hetero) is 1. The van der Waals surface area contributed by atoms with Crippen LogP contribution in [-0.4, -0.2) is 18.4 Å². The number of carbonyl (C=O) groups excluding carboxylic acids is 2. The molecule has 2 aromatic rings. The number of esters is 1. The molecule has 30 heavy (non-hydrogen) atoms. The Bertz CT molecular complexity index is 1180. The highest BCUT2D eigenvalue weighted by Crippen LogP contribution is 2.46. The van der Waals surface area contributed by atoms with E-state index in [1.54, 1.807) is 38.1 Å². The van der Waals surface area contributed by atoms with Crippen LogP contribution in [0.25, 0.3) is 11.0 Å². The molecule has 2 heterocycles. The molecule has 0 radical (unpaired) electrons. The molecule has 0 fully saturated rings. The summed E-state index contributed by atoms with van der Waals surface area (Å²) < 4.78 is 11.0. The number of nitrogens with one attached hydrogen (secondary N) is 1. The third kappa shape index (κ3) is 3.26. The second-order valence-corrected chi connectivity index (χ2v) is 8.67. The van der Waals surface area contributed by atoms with Crippen molar-refractivity contribution in [2.75, 3.05) is 6.61 Å². The highest BCUT2D eigenvalue weighted by molar-refractivity contribution is 6.04. The minimum Gasteiger partial charge on any atom is -0.464 e. The lowest BCUT2D eigenvalue weighted by atomic mass is 9.68. The summed E-state index contributed by atoms with van der Waals surface area (Å²) in [5.41, 5.74) is 2.39. The molecular weight excluding hydrogens is 382 g/mol. The molecule has 0 saturated carbocycles. The number of benzene rings is 1. The molecule has 6 nitrogen and oxygen atoms in total. The predicted molar refractivity (Wildman–Crippen MR) is 113 cm³/mol. The van der Waals surface area contributed by atoms with Crippen LogP contribution >= 0.6 is 0 Å². The maximum atomic E-state index is 13.4. The third-order valence-electron chi connectivity index (χ3n) is 5.75. The molecule has 6 heteroatoms. The van der Waals surface area contributed by atoms with Gasteiger partial charge in [-0.1, -0.05) is 26.0 Å². The van der Waals surface area contributed by atoms with Gasteiger partial charge < -0.3 is 14.5 Å². The van der Waals surface area contributed by atoms with E-state index in [1.165, 1.54) is 6.26 Å². The lowest BCUT2D eigenvalue weighted by Gasteiger charge is -2.39. The smallest absolute Gasteiger partial charge is 0.336 e. The van der Waals surface area contributed by atoms with Crippen molar-refractivity contribution in [1.29, 1.82) is 0 Å². The number of rotatable bonds is 3. The Morgan fingerprint density at radius 1 is 1.23 bits per heavy atom. The molecule has 0 bridgehead atoms. The van der Waals surface area contributed by atoms with Crippen molar-refractivity contribution in [1.82, 2.24) is 5.32 Å². The third-order valence-corrected chi connectivity index (χ3v) is 5.75. The van der Waals surface area contributed by atoms with Gasteiger partial charge in [0, 0.05) is 29.0 Å². The highest BCUT2D eigenvalue weighted by Gasteiger charge is 2.44. The molecule has 1 aromatic carbocycles. The molecular formula is C24H25NO5. The van der Waals surface area contributed by atoms with Gasteiger partial charge in [-0.05, 0) is 37.8 Å². The topological polar surface area (TPSA) is 85.6 Å². The van der Waals surface area contributed by atoms with Crippen LogP contribution in [-0.2, 0) is 14.3 Å². The van der Waals surface area contributed by atoms with Gasteiger partial charge in [0.15, 0.2) is 11.2 Å². The quantitative estimate of drug-likeness (QED) is 0.775. The first-order valence-electron chi connectivity index (χ1n) is 10.1. The summed E-state index contributed by atoms with van der Waals surface area (Å²) in [5, 5.41) is 3.67. The van der Waals surface area contributed by atoms with Crippen LogP contribution in [0.3, 0.4) is 0 Å². The summed E-state index contributed by atoms with van der Waals surface area (Å²) >= 11 is 0. The summed E-state index contributed by atoms with van der Waals surface area (Å²) in [7, 11) is 0. The molecule has 1 atom stereocenters. The fourth-order valence-electron chi connectivity index (χ4n) is 4.52. The second kappa shape index (κ2) is 7.27. The fraction of sp³-hybridized carbons (Fsp3) is 0.375. The molecule has 1 aromatic heterocycles. The molecule has 156 valence electrons. The first kappa shape index (κ1) is 20.1. The van der Waals surface area contributed by atoms with Gasteiger partial charge in [0.1, 0.15) is 5.58 Å². The first-order valence-corrected chi connectivity index (χ1v) is 10.1. The van der Waals surface area contributed by atoms with E-state index in [-0.39, 0.29) is 34.4 Å². The Hall–Kier alpha value is -3.15. The molecule has 0 spiro atoms. The summed E-state index contributed by atoms with van der Waals surface area (Å²) in [4.78, 5) is 39.5. The van der Waals surface area contributed by atoms with E-state index >= 15 is 0 Å². The van der Waals surface area contributed by atoms with E-state index in [0.717, 1.165) is 5.70 Å².